The average Bonchev–Trinajstić information content (AvgIpc) is 2.33. The van der Waals surface area contributed by atoms with Gasteiger partial charge in [-0.3, -0.25) is 0 Å². The maximum Gasteiger partial charge on any atom is 0.0905 e. The SMILES string of the molecule is OCC(O)CCl.OCCOCCOCCO. The molecule has 100 valence electrons. The van der Waals surface area contributed by atoms with Crippen molar-refractivity contribution in [1.82, 2.24) is 0 Å². The topological polar surface area (TPSA) is 99.4 Å². The van der Waals surface area contributed by atoms with Crippen LogP contribution in [0.15, 0.2) is 0 Å². The number of aliphatic hydroxyl groups excluding tert-OH is 4. The quantitative estimate of drug-likeness (QED) is 0.300. The Labute approximate surface area is 100 Å². The Hall–Kier alpha value is 0.0500. The van der Waals surface area contributed by atoms with Crippen LogP contribution >= 0.6 is 11.6 Å². The van der Waals surface area contributed by atoms with Crippen LogP contribution in [0.5, 0.6) is 0 Å². The minimum atomic E-state index is -0.744. The fourth-order valence-corrected chi connectivity index (χ4v) is 0.597. The zero-order valence-corrected chi connectivity index (χ0v) is 9.97. The molecule has 0 saturated carbocycles. The molecule has 0 radical (unpaired) electrons. The monoisotopic (exact) mass is 260 g/mol. The number of hydrogen-bond acceptors (Lipinski definition) is 6. The van der Waals surface area contributed by atoms with Crippen LogP contribution < -0.4 is 0 Å². The van der Waals surface area contributed by atoms with E-state index in [1.807, 2.05) is 0 Å². The van der Waals surface area contributed by atoms with Gasteiger partial charge in [0.2, 0.25) is 0 Å². The van der Waals surface area contributed by atoms with E-state index >= 15 is 0 Å². The van der Waals surface area contributed by atoms with E-state index < -0.39 is 6.10 Å². The summed E-state index contributed by atoms with van der Waals surface area (Å²) in [4.78, 5) is 0. The van der Waals surface area contributed by atoms with E-state index in [1.165, 1.54) is 0 Å². The molecule has 0 amide bonds. The summed E-state index contributed by atoms with van der Waals surface area (Å²) in [5, 5.41) is 32.8. The Bertz CT molecular complexity index is 104. The summed E-state index contributed by atoms with van der Waals surface area (Å²) in [5.41, 5.74) is 0. The summed E-state index contributed by atoms with van der Waals surface area (Å²) in [6.07, 6.45) is -0.744. The summed E-state index contributed by atoms with van der Waals surface area (Å²) < 4.78 is 9.75. The highest BCUT2D eigenvalue weighted by Gasteiger charge is 1.94. The van der Waals surface area contributed by atoms with Crippen LogP contribution in [0.2, 0.25) is 0 Å². The normalized spacial score (nSPS) is 11.8. The van der Waals surface area contributed by atoms with Crippen molar-refractivity contribution in [3.05, 3.63) is 0 Å². The Kier molecular flexibility index (Phi) is 20.1. The number of hydrogen-bond donors (Lipinski definition) is 4. The van der Waals surface area contributed by atoms with E-state index in [1.54, 1.807) is 0 Å². The van der Waals surface area contributed by atoms with Gasteiger partial charge in [-0.25, -0.2) is 0 Å². The summed E-state index contributed by atoms with van der Waals surface area (Å²) in [6.45, 7) is 1.48. The molecule has 0 bridgehead atoms. The molecule has 0 aliphatic rings. The molecule has 0 aliphatic carbocycles. The fraction of sp³-hybridized carbons (Fsp3) is 1.00. The molecule has 0 heterocycles. The predicted molar refractivity (Wildman–Crippen MR) is 59.6 cm³/mol. The maximum absolute atomic E-state index is 8.28. The molecule has 16 heavy (non-hydrogen) atoms. The predicted octanol–water partition coefficient (Wildman–Crippen LogP) is -1.42. The highest BCUT2D eigenvalue weighted by Crippen LogP contribution is 1.81. The van der Waals surface area contributed by atoms with E-state index in [4.69, 9.17) is 41.5 Å². The molecule has 0 fully saturated rings. The molecule has 7 heteroatoms. The Morgan fingerprint density at radius 3 is 1.50 bits per heavy atom. The second-order valence-corrected chi connectivity index (χ2v) is 2.97. The molecule has 0 aliphatic heterocycles. The molecule has 1 atom stereocenters. The third-order valence-corrected chi connectivity index (χ3v) is 1.59. The summed E-state index contributed by atoms with van der Waals surface area (Å²) in [6, 6.07) is 0. The van der Waals surface area contributed by atoms with Crippen molar-refractivity contribution < 1.29 is 29.9 Å². The number of alkyl halides is 1. The number of rotatable bonds is 9. The summed E-state index contributed by atoms with van der Waals surface area (Å²) >= 11 is 5.04. The van der Waals surface area contributed by atoms with Gasteiger partial charge in [-0.15, -0.1) is 11.6 Å². The third kappa shape index (κ3) is 19.6. The van der Waals surface area contributed by atoms with Gasteiger partial charge in [-0.2, -0.15) is 0 Å². The van der Waals surface area contributed by atoms with E-state index in [-0.39, 0.29) is 25.7 Å². The Morgan fingerprint density at radius 2 is 1.31 bits per heavy atom. The summed E-state index contributed by atoms with van der Waals surface area (Å²) in [7, 11) is 0. The molecule has 0 aromatic rings. The zero-order chi connectivity index (χ0) is 12.6. The molecular weight excluding hydrogens is 240 g/mol. The van der Waals surface area contributed by atoms with Crippen molar-refractivity contribution in [2.75, 3.05) is 52.1 Å². The lowest BCUT2D eigenvalue weighted by molar-refractivity contribution is 0.0222. The fourth-order valence-electron chi connectivity index (χ4n) is 0.500. The molecule has 0 spiro atoms. The first kappa shape index (κ1) is 18.4. The van der Waals surface area contributed by atoms with Crippen LogP contribution in [0, 0.1) is 0 Å². The number of halogens is 1. The van der Waals surface area contributed by atoms with Gasteiger partial charge in [0.05, 0.1) is 58.2 Å². The van der Waals surface area contributed by atoms with E-state index in [9.17, 15) is 0 Å². The second-order valence-electron chi connectivity index (χ2n) is 2.66. The third-order valence-electron chi connectivity index (χ3n) is 1.23. The van der Waals surface area contributed by atoms with Gasteiger partial charge < -0.3 is 29.9 Å². The minimum Gasteiger partial charge on any atom is -0.394 e. The van der Waals surface area contributed by atoms with Crippen LogP contribution in [-0.2, 0) is 9.47 Å². The standard InChI is InChI=1S/C6H14O4.C3H7ClO2/c7-1-3-9-5-6-10-4-2-8;4-1-3(6)2-5/h7-8H,1-6H2;3,5-6H,1-2H2. The lowest BCUT2D eigenvalue weighted by atomic mass is 10.5. The van der Waals surface area contributed by atoms with Gasteiger partial charge in [0.25, 0.3) is 0 Å². The molecule has 4 N–H and O–H groups in total. The lowest BCUT2D eigenvalue weighted by Crippen LogP contribution is -2.12. The van der Waals surface area contributed by atoms with Gasteiger partial charge in [-0.05, 0) is 0 Å². The van der Waals surface area contributed by atoms with E-state index in [0.29, 0.717) is 26.4 Å². The first-order valence-corrected chi connectivity index (χ1v) is 5.48. The van der Waals surface area contributed by atoms with Gasteiger partial charge in [0, 0.05) is 0 Å². The van der Waals surface area contributed by atoms with Crippen LogP contribution in [0.3, 0.4) is 0 Å². The van der Waals surface area contributed by atoms with Gasteiger partial charge in [0.15, 0.2) is 0 Å². The highest BCUT2D eigenvalue weighted by molar-refractivity contribution is 6.18. The smallest absolute Gasteiger partial charge is 0.0905 e. The van der Waals surface area contributed by atoms with Crippen molar-refractivity contribution in [2.24, 2.45) is 0 Å². The Balaban J connectivity index is 0. The van der Waals surface area contributed by atoms with Crippen LogP contribution in [0.4, 0.5) is 0 Å². The second kappa shape index (κ2) is 17.4. The van der Waals surface area contributed by atoms with Gasteiger partial charge in [0.1, 0.15) is 0 Å². The van der Waals surface area contributed by atoms with E-state index in [2.05, 4.69) is 0 Å². The van der Waals surface area contributed by atoms with Crippen LogP contribution in [0.1, 0.15) is 0 Å². The Morgan fingerprint density at radius 1 is 0.875 bits per heavy atom. The molecule has 1 unspecified atom stereocenters. The van der Waals surface area contributed by atoms with Crippen molar-refractivity contribution >= 4 is 11.6 Å². The molecule has 0 saturated heterocycles. The van der Waals surface area contributed by atoms with Gasteiger partial charge in [-0.1, -0.05) is 0 Å². The maximum atomic E-state index is 8.28. The molecule has 0 aromatic heterocycles. The van der Waals surface area contributed by atoms with Crippen molar-refractivity contribution in [1.29, 1.82) is 0 Å². The van der Waals surface area contributed by atoms with Crippen molar-refractivity contribution in [3.63, 3.8) is 0 Å². The zero-order valence-electron chi connectivity index (χ0n) is 9.22. The van der Waals surface area contributed by atoms with Gasteiger partial charge >= 0.3 is 0 Å². The van der Waals surface area contributed by atoms with Crippen LogP contribution in [0.25, 0.3) is 0 Å². The van der Waals surface area contributed by atoms with Crippen LogP contribution in [-0.4, -0.2) is 78.7 Å². The lowest BCUT2D eigenvalue weighted by Gasteiger charge is -2.01. The van der Waals surface area contributed by atoms with Crippen molar-refractivity contribution in [2.45, 2.75) is 6.10 Å². The summed E-state index contributed by atoms with van der Waals surface area (Å²) in [5.74, 6) is 0.108. The highest BCUT2D eigenvalue weighted by atomic mass is 35.5. The molecule has 0 rings (SSSR count). The molecule has 6 nitrogen and oxygen atoms in total. The molecule has 0 aromatic carbocycles. The average molecular weight is 261 g/mol. The first-order valence-electron chi connectivity index (χ1n) is 4.95. The van der Waals surface area contributed by atoms with E-state index in [0.717, 1.165) is 0 Å². The number of ether oxygens (including phenoxy) is 2. The molecular formula is C9H21ClO6. The first-order chi connectivity index (χ1) is 7.72. The largest absolute Gasteiger partial charge is 0.394 e. The minimum absolute atomic E-state index is 0.0417. The van der Waals surface area contributed by atoms with Crippen molar-refractivity contribution in [3.8, 4) is 0 Å². The number of aliphatic hydroxyl groups is 4.